The summed E-state index contributed by atoms with van der Waals surface area (Å²) in [5.41, 5.74) is 7.33. The van der Waals surface area contributed by atoms with E-state index in [0.717, 1.165) is 6.54 Å². The lowest BCUT2D eigenvalue weighted by atomic mass is 9.93. The van der Waals surface area contributed by atoms with Crippen LogP contribution in [0.1, 0.15) is 82.6 Å². The summed E-state index contributed by atoms with van der Waals surface area (Å²) in [4.78, 5) is 0. The molecule has 1 unspecified atom stereocenters. The fourth-order valence-corrected chi connectivity index (χ4v) is 2.85. The van der Waals surface area contributed by atoms with Crippen LogP contribution in [0.5, 0.6) is 0 Å². The molecule has 2 N–H and O–H groups in total. The van der Waals surface area contributed by atoms with Gasteiger partial charge in [0.1, 0.15) is 0 Å². The SMILES string of the molecule is CCCCCCCCCCCC(CN)c1ccccc1.Cl. The average molecular weight is 312 g/mol. The molecule has 2 heteroatoms. The molecule has 1 atom stereocenters. The molecule has 0 bridgehead atoms. The first kappa shape index (κ1) is 20.5. The van der Waals surface area contributed by atoms with Crippen LogP contribution in [-0.2, 0) is 0 Å². The zero-order valence-electron chi connectivity index (χ0n) is 13.7. The first-order valence-corrected chi connectivity index (χ1v) is 8.63. The molecule has 122 valence electrons. The van der Waals surface area contributed by atoms with Gasteiger partial charge in [0, 0.05) is 0 Å². The highest BCUT2D eigenvalue weighted by molar-refractivity contribution is 5.85. The highest BCUT2D eigenvalue weighted by Gasteiger charge is 2.08. The van der Waals surface area contributed by atoms with Crippen LogP contribution in [0.4, 0.5) is 0 Å². The summed E-state index contributed by atoms with van der Waals surface area (Å²) in [6.07, 6.45) is 13.8. The second-order valence-corrected chi connectivity index (χ2v) is 5.96. The quantitative estimate of drug-likeness (QED) is 0.466. The van der Waals surface area contributed by atoms with Crippen molar-refractivity contribution >= 4 is 12.4 Å². The van der Waals surface area contributed by atoms with E-state index in [9.17, 15) is 0 Å². The van der Waals surface area contributed by atoms with Gasteiger partial charge in [0.15, 0.2) is 0 Å². The Morgan fingerprint density at radius 1 is 0.810 bits per heavy atom. The normalized spacial score (nSPS) is 11.9. The van der Waals surface area contributed by atoms with Crippen molar-refractivity contribution in [1.29, 1.82) is 0 Å². The Balaban J connectivity index is 0.00000400. The van der Waals surface area contributed by atoms with E-state index >= 15 is 0 Å². The second-order valence-electron chi connectivity index (χ2n) is 5.96. The van der Waals surface area contributed by atoms with Gasteiger partial charge in [0.05, 0.1) is 0 Å². The van der Waals surface area contributed by atoms with Gasteiger partial charge >= 0.3 is 0 Å². The first-order chi connectivity index (χ1) is 9.88. The van der Waals surface area contributed by atoms with Gasteiger partial charge in [-0.05, 0) is 24.4 Å². The zero-order valence-corrected chi connectivity index (χ0v) is 14.5. The van der Waals surface area contributed by atoms with E-state index in [1.165, 1.54) is 69.8 Å². The molecule has 1 aromatic rings. The van der Waals surface area contributed by atoms with Crippen LogP contribution in [0.3, 0.4) is 0 Å². The Hall–Kier alpha value is -0.530. The van der Waals surface area contributed by atoms with Crippen LogP contribution in [-0.4, -0.2) is 6.54 Å². The van der Waals surface area contributed by atoms with Crippen molar-refractivity contribution in [3.63, 3.8) is 0 Å². The van der Waals surface area contributed by atoms with Crippen molar-refractivity contribution in [3.05, 3.63) is 35.9 Å². The van der Waals surface area contributed by atoms with Crippen molar-refractivity contribution in [2.45, 2.75) is 77.0 Å². The van der Waals surface area contributed by atoms with Crippen LogP contribution in [0.15, 0.2) is 30.3 Å². The molecular weight excluding hydrogens is 278 g/mol. The van der Waals surface area contributed by atoms with Gasteiger partial charge in [-0.1, -0.05) is 95.0 Å². The molecule has 0 heterocycles. The number of benzene rings is 1. The Kier molecular flexibility index (Phi) is 14.0. The highest BCUT2D eigenvalue weighted by atomic mass is 35.5. The molecular formula is C19H34ClN. The number of nitrogens with two attached hydrogens (primary N) is 1. The third kappa shape index (κ3) is 9.92. The van der Waals surface area contributed by atoms with E-state index in [1.54, 1.807) is 0 Å². The fourth-order valence-electron chi connectivity index (χ4n) is 2.85. The van der Waals surface area contributed by atoms with Crippen molar-refractivity contribution in [2.24, 2.45) is 5.73 Å². The number of rotatable bonds is 12. The average Bonchev–Trinajstić information content (AvgIpc) is 2.50. The fraction of sp³-hybridized carbons (Fsp3) is 0.684. The van der Waals surface area contributed by atoms with Gasteiger partial charge < -0.3 is 5.73 Å². The van der Waals surface area contributed by atoms with Gasteiger partial charge in [0.2, 0.25) is 0 Å². The Labute approximate surface area is 138 Å². The molecule has 0 saturated heterocycles. The third-order valence-corrected chi connectivity index (χ3v) is 4.21. The topological polar surface area (TPSA) is 26.0 Å². The summed E-state index contributed by atoms with van der Waals surface area (Å²) < 4.78 is 0. The highest BCUT2D eigenvalue weighted by Crippen LogP contribution is 2.21. The molecule has 21 heavy (non-hydrogen) atoms. The summed E-state index contributed by atoms with van der Waals surface area (Å²) in [5, 5.41) is 0. The van der Waals surface area contributed by atoms with Gasteiger partial charge in [0.25, 0.3) is 0 Å². The molecule has 1 rings (SSSR count). The van der Waals surface area contributed by atoms with E-state index in [0.29, 0.717) is 5.92 Å². The first-order valence-electron chi connectivity index (χ1n) is 8.63. The van der Waals surface area contributed by atoms with Gasteiger partial charge in [-0.3, -0.25) is 0 Å². The smallest absolute Gasteiger partial charge is 0.000824 e. The summed E-state index contributed by atoms with van der Waals surface area (Å²) in [6.45, 7) is 3.06. The predicted molar refractivity (Wildman–Crippen MR) is 97.3 cm³/mol. The molecule has 1 nitrogen and oxygen atoms in total. The predicted octanol–water partition coefficient (Wildman–Crippen LogP) is 6.07. The molecule has 0 spiro atoms. The molecule has 0 radical (unpaired) electrons. The van der Waals surface area contributed by atoms with Crippen molar-refractivity contribution in [3.8, 4) is 0 Å². The minimum Gasteiger partial charge on any atom is -0.330 e. The standard InChI is InChI=1S/C19H33N.ClH/c1-2-3-4-5-6-7-8-9-11-16-19(17-20)18-14-12-10-13-15-18;/h10,12-15,19H,2-9,11,16-17,20H2,1H3;1H. The monoisotopic (exact) mass is 311 g/mol. The second kappa shape index (κ2) is 14.4. The number of hydrogen-bond donors (Lipinski definition) is 1. The summed E-state index contributed by atoms with van der Waals surface area (Å²) in [5.74, 6) is 0.556. The van der Waals surface area contributed by atoms with E-state index in [4.69, 9.17) is 5.73 Å². The van der Waals surface area contributed by atoms with Crippen LogP contribution in [0.2, 0.25) is 0 Å². The third-order valence-electron chi connectivity index (χ3n) is 4.21. The lowest BCUT2D eigenvalue weighted by molar-refractivity contribution is 0.529. The van der Waals surface area contributed by atoms with Crippen LogP contribution in [0.25, 0.3) is 0 Å². The van der Waals surface area contributed by atoms with E-state index in [-0.39, 0.29) is 12.4 Å². The molecule has 0 fully saturated rings. The van der Waals surface area contributed by atoms with Gasteiger partial charge in [-0.15, -0.1) is 12.4 Å². The van der Waals surface area contributed by atoms with E-state index < -0.39 is 0 Å². The minimum atomic E-state index is 0. The lowest BCUT2D eigenvalue weighted by Crippen LogP contribution is -2.12. The minimum absolute atomic E-state index is 0. The maximum Gasteiger partial charge on any atom is -0.000824 e. The Morgan fingerprint density at radius 3 is 1.86 bits per heavy atom. The molecule has 0 saturated carbocycles. The molecule has 0 aromatic heterocycles. The molecule has 0 aliphatic rings. The number of unbranched alkanes of at least 4 members (excludes halogenated alkanes) is 8. The maximum absolute atomic E-state index is 5.91. The van der Waals surface area contributed by atoms with Crippen molar-refractivity contribution in [2.75, 3.05) is 6.54 Å². The maximum atomic E-state index is 5.91. The van der Waals surface area contributed by atoms with Crippen LogP contribution < -0.4 is 5.73 Å². The van der Waals surface area contributed by atoms with Crippen LogP contribution >= 0.6 is 12.4 Å². The Bertz CT molecular complexity index is 313. The van der Waals surface area contributed by atoms with Crippen LogP contribution in [0, 0.1) is 0 Å². The summed E-state index contributed by atoms with van der Waals surface area (Å²) in [7, 11) is 0. The molecule has 1 aromatic carbocycles. The molecule has 0 amide bonds. The van der Waals surface area contributed by atoms with Gasteiger partial charge in [-0.25, -0.2) is 0 Å². The van der Waals surface area contributed by atoms with Gasteiger partial charge in [-0.2, -0.15) is 0 Å². The summed E-state index contributed by atoms with van der Waals surface area (Å²) in [6, 6.07) is 10.7. The number of halogens is 1. The molecule has 0 aliphatic heterocycles. The van der Waals surface area contributed by atoms with E-state index in [2.05, 4.69) is 37.3 Å². The number of hydrogen-bond acceptors (Lipinski definition) is 1. The zero-order chi connectivity index (χ0) is 14.5. The van der Waals surface area contributed by atoms with Crippen molar-refractivity contribution in [1.82, 2.24) is 0 Å². The Morgan fingerprint density at radius 2 is 1.33 bits per heavy atom. The largest absolute Gasteiger partial charge is 0.330 e. The lowest BCUT2D eigenvalue weighted by Gasteiger charge is -2.14. The summed E-state index contributed by atoms with van der Waals surface area (Å²) >= 11 is 0. The van der Waals surface area contributed by atoms with Crippen molar-refractivity contribution < 1.29 is 0 Å². The van der Waals surface area contributed by atoms with E-state index in [1.807, 2.05) is 0 Å². The molecule has 0 aliphatic carbocycles.